The Morgan fingerprint density at radius 1 is 0.963 bits per heavy atom. The van der Waals surface area contributed by atoms with Crippen molar-refractivity contribution in [3.8, 4) is 5.75 Å². The lowest BCUT2D eigenvalue weighted by Crippen LogP contribution is -2.66. The average Bonchev–Trinajstić information content (AvgIpc) is 3.70. The van der Waals surface area contributed by atoms with Crippen LogP contribution < -0.4 is 10.4 Å². The molecular weight excluding hydrogens is 712 g/mol. The molecule has 280 valence electrons. The minimum atomic E-state index is -2.91. The molecule has 7 nitrogen and oxygen atoms in total. The van der Waals surface area contributed by atoms with E-state index in [0.717, 1.165) is 34.4 Å². The molecule has 0 radical (unpaired) electrons. The number of ether oxygens (including phenoxy) is 1. The quantitative estimate of drug-likeness (QED) is 0.0894. The van der Waals surface area contributed by atoms with Gasteiger partial charge in [-0.05, 0) is 99.8 Å². The van der Waals surface area contributed by atoms with Crippen LogP contribution in [0.4, 0.5) is 0 Å². The molecule has 1 N–H and O–H groups in total. The van der Waals surface area contributed by atoms with Crippen molar-refractivity contribution >= 4 is 53.8 Å². The Hall–Kier alpha value is -4.34. The van der Waals surface area contributed by atoms with E-state index in [-0.39, 0.29) is 34.6 Å². The second-order valence-corrected chi connectivity index (χ2v) is 20.4. The van der Waals surface area contributed by atoms with Crippen LogP contribution in [0.5, 0.6) is 5.75 Å². The van der Waals surface area contributed by atoms with Crippen LogP contribution in [0.2, 0.25) is 10.1 Å². The number of aromatic nitrogens is 1. The fraction of sp³-hybridized carbons (Fsp3) is 0.356. The minimum absolute atomic E-state index is 0.0663. The van der Waals surface area contributed by atoms with E-state index < -0.39 is 20.2 Å². The van der Waals surface area contributed by atoms with Crippen LogP contribution in [0.3, 0.4) is 0 Å². The van der Waals surface area contributed by atoms with E-state index in [2.05, 4.69) is 74.3 Å². The Bertz CT molecular complexity index is 2010. The number of hydrogen-bond acceptors (Lipinski definition) is 6. The summed E-state index contributed by atoms with van der Waals surface area (Å²) in [6.07, 6.45) is 6.00. The predicted octanol–water partition coefficient (Wildman–Crippen LogP) is 8.06. The van der Waals surface area contributed by atoms with Gasteiger partial charge in [0, 0.05) is 18.7 Å². The second kappa shape index (κ2) is 15.8. The number of benzene rings is 3. The summed E-state index contributed by atoms with van der Waals surface area (Å²) in [6, 6.07) is 32.0. The van der Waals surface area contributed by atoms with E-state index in [4.69, 9.17) is 20.8 Å². The smallest absolute Gasteiger partial charge is 0.261 e. The summed E-state index contributed by atoms with van der Waals surface area (Å²) in [7, 11) is -2.91. The van der Waals surface area contributed by atoms with Crippen LogP contribution in [-0.2, 0) is 18.8 Å². The summed E-state index contributed by atoms with van der Waals surface area (Å²) < 4.78 is 14.2. The second-order valence-electron chi connectivity index (χ2n) is 15.7. The molecule has 0 saturated carbocycles. The number of nitrogens with zero attached hydrogens (tertiary/aromatic N) is 2. The van der Waals surface area contributed by atoms with E-state index in [0.29, 0.717) is 44.0 Å². The highest BCUT2D eigenvalue weighted by atomic mass is 35.5. The predicted molar refractivity (Wildman–Crippen MR) is 217 cm³/mol. The van der Waals surface area contributed by atoms with Crippen molar-refractivity contribution in [3.63, 3.8) is 0 Å². The number of fused-ring (bicyclic) bond motifs is 3. The number of pyridine rings is 1. The molecule has 3 aromatic carbocycles. The topological polar surface area (TPSA) is 89.0 Å². The third-order valence-electron chi connectivity index (χ3n) is 11.4. The van der Waals surface area contributed by atoms with Crippen molar-refractivity contribution in [1.29, 1.82) is 0 Å². The third kappa shape index (κ3) is 7.13. The number of imide groups is 1. The summed E-state index contributed by atoms with van der Waals surface area (Å²) in [6.45, 7) is 9.98. The SMILES string of the molecule is CCCN1C(=O)[C@@H]2[C@@H](CC(CO[Si](c3ccccc3)(c3ccccc3)C(C)(C)C)=C3[C@@H](CC/C(=C/c4ccc(O)cc4Cl)c4ccccn4)OC[C@@H]32)C1=O. The highest BCUT2D eigenvalue weighted by molar-refractivity contribution is 6.99. The van der Waals surface area contributed by atoms with Crippen molar-refractivity contribution in [3.05, 3.63) is 131 Å². The van der Waals surface area contributed by atoms with Gasteiger partial charge >= 0.3 is 0 Å². The molecule has 2 aliphatic heterocycles. The zero-order chi connectivity index (χ0) is 38.0. The summed E-state index contributed by atoms with van der Waals surface area (Å²) in [5.74, 6) is -1.07. The number of amides is 2. The monoisotopic (exact) mass is 760 g/mol. The first-order valence-corrected chi connectivity index (χ1v) is 21.4. The van der Waals surface area contributed by atoms with Crippen molar-refractivity contribution < 1.29 is 23.9 Å². The van der Waals surface area contributed by atoms with Gasteiger partial charge in [0.2, 0.25) is 11.8 Å². The summed E-state index contributed by atoms with van der Waals surface area (Å²) in [4.78, 5) is 34.1. The molecule has 0 unspecified atom stereocenters. The Morgan fingerprint density at radius 2 is 1.65 bits per heavy atom. The molecular formula is C45H49ClN2O5Si. The average molecular weight is 761 g/mol. The first-order chi connectivity index (χ1) is 26.0. The number of allylic oxidation sites excluding steroid dienone is 1. The van der Waals surface area contributed by atoms with Crippen LogP contribution in [-0.4, -0.2) is 61.0 Å². The first-order valence-electron chi connectivity index (χ1n) is 19.1. The molecule has 7 rings (SSSR count). The molecule has 3 heterocycles. The number of carbonyl (C=O) groups excluding carboxylic acids is 2. The van der Waals surface area contributed by atoms with Gasteiger partial charge in [-0.25, -0.2) is 0 Å². The standard InChI is InChI=1S/C45H49ClN2O5Si/c1-5-24-48-43(50)36-26-32(28-53-54(45(2,3)4,34-14-8-6-9-15-34)35-16-10-7-11-17-35)41-37(42(36)44(48)51)29-52-40(41)22-20-31(39-18-12-13-23-47-39)25-30-19-21-33(49)27-38(30)46/h6-19,21,23,25,27,36-37,40,42,49H,5,20,22,24,26,28-29H2,1-4H3/b31-25-/t36-,37+,40-,42-/m1/s1. The van der Waals surface area contributed by atoms with E-state index in [1.54, 1.807) is 18.3 Å². The van der Waals surface area contributed by atoms with Crippen LogP contribution in [0.1, 0.15) is 64.6 Å². The number of aromatic hydroxyl groups is 1. The Labute approximate surface area is 324 Å². The first kappa shape index (κ1) is 38.0. The van der Waals surface area contributed by atoms with Crippen molar-refractivity contribution in [2.45, 2.75) is 64.5 Å². The van der Waals surface area contributed by atoms with Crippen molar-refractivity contribution in [2.24, 2.45) is 17.8 Å². The molecule has 3 aliphatic rings. The van der Waals surface area contributed by atoms with E-state index in [1.165, 1.54) is 21.3 Å². The van der Waals surface area contributed by atoms with Crippen LogP contribution in [0.15, 0.2) is 114 Å². The van der Waals surface area contributed by atoms with Gasteiger partial charge in [0.05, 0.1) is 41.9 Å². The molecule has 1 aliphatic carbocycles. The molecule has 2 amide bonds. The fourth-order valence-corrected chi connectivity index (χ4v) is 13.8. The van der Waals surface area contributed by atoms with Crippen LogP contribution in [0.25, 0.3) is 11.6 Å². The van der Waals surface area contributed by atoms with Gasteiger partial charge in [-0.3, -0.25) is 19.5 Å². The number of hydrogen-bond donors (Lipinski definition) is 1. The van der Waals surface area contributed by atoms with Gasteiger partial charge in [-0.15, -0.1) is 0 Å². The Balaban J connectivity index is 1.28. The number of carbonyl (C=O) groups is 2. The number of likely N-dealkylation sites (tertiary alicyclic amines) is 1. The highest BCUT2D eigenvalue weighted by Crippen LogP contribution is 2.50. The van der Waals surface area contributed by atoms with Gasteiger partial charge < -0.3 is 14.3 Å². The molecule has 1 aromatic heterocycles. The molecule has 9 heteroatoms. The van der Waals surface area contributed by atoms with E-state index >= 15 is 0 Å². The van der Waals surface area contributed by atoms with Gasteiger partial charge in [-0.1, -0.05) is 106 Å². The molecule has 0 spiro atoms. The molecule has 0 bridgehead atoms. The maximum atomic E-state index is 14.0. The van der Waals surface area contributed by atoms with Crippen molar-refractivity contribution in [1.82, 2.24) is 9.88 Å². The van der Waals surface area contributed by atoms with Crippen LogP contribution >= 0.6 is 11.6 Å². The lowest BCUT2D eigenvalue weighted by atomic mass is 9.69. The number of halogens is 1. The van der Waals surface area contributed by atoms with E-state index in [9.17, 15) is 14.7 Å². The van der Waals surface area contributed by atoms with E-state index in [1.807, 2.05) is 43.3 Å². The molecule has 54 heavy (non-hydrogen) atoms. The Morgan fingerprint density at radius 3 is 2.26 bits per heavy atom. The summed E-state index contributed by atoms with van der Waals surface area (Å²) in [5, 5.41) is 12.6. The summed E-state index contributed by atoms with van der Waals surface area (Å²) >= 11 is 6.57. The molecule has 2 fully saturated rings. The molecule has 2 saturated heterocycles. The number of phenolic OH excluding ortho intramolecular Hbond substituents is 1. The molecule has 4 atom stereocenters. The van der Waals surface area contributed by atoms with Gasteiger partial charge in [0.1, 0.15) is 5.75 Å². The van der Waals surface area contributed by atoms with Gasteiger partial charge in [0.15, 0.2) is 0 Å². The zero-order valence-corrected chi connectivity index (χ0v) is 33.3. The minimum Gasteiger partial charge on any atom is -0.508 e. The summed E-state index contributed by atoms with van der Waals surface area (Å²) in [5.41, 5.74) is 4.80. The number of rotatable bonds is 12. The van der Waals surface area contributed by atoms with Crippen LogP contribution in [0, 0.1) is 17.8 Å². The normalized spacial score (nSPS) is 21.8. The fourth-order valence-electron chi connectivity index (χ4n) is 9.01. The third-order valence-corrected chi connectivity index (χ3v) is 16.7. The van der Waals surface area contributed by atoms with Crippen molar-refractivity contribution in [2.75, 3.05) is 19.8 Å². The maximum absolute atomic E-state index is 14.0. The number of phenols is 1. The molecule has 4 aromatic rings. The Kier molecular flexibility index (Phi) is 11.1. The largest absolute Gasteiger partial charge is 0.508 e. The zero-order valence-electron chi connectivity index (χ0n) is 31.5. The highest BCUT2D eigenvalue weighted by Gasteiger charge is 2.57. The lowest BCUT2D eigenvalue weighted by Gasteiger charge is -2.44. The maximum Gasteiger partial charge on any atom is 0.261 e. The van der Waals surface area contributed by atoms with Gasteiger partial charge in [-0.2, -0.15) is 0 Å². The lowest BCUT2D eigenvalue weighted by molar-refractivity contribution is -0.140. The van der Waals surface area contributed by atoms with Gasteiger partial charge in [0.25, 0.3) is 8.32 Å².